The molecular formula is C11H14O5S. The zero-order valence-electron chi connectivity index (χ0n) is 9.37. The molecule has 0 aromatic carbocycles. The van der Waals surface area contributed by atoms with Gasteiger partial charge in [-0.1, -0.05) is 0 Å². The molecule has 2 aliphatic carbocycles. The number of esters is 1. The molecule has 2 saturated carbocycles. The quantitative estimate of drug-likeness (QED) is 0.619. The van der Waals surface area contributed by atoms with Crippen LogP contribution in [0.25, 0.3) is 0 Å². The topological polar surface area (TPSA) is 80.7 Å². The fourth-order valence-corrected chi connectivity index (χ4v) is 5.40. The van der Waals surface area contributed by atoms with Gasteiger partial charge in [0.25, 0.3) is 0 Å². The van der Waals surface area contributed by atoms with Crippen LogP contribution < -0.4 is 0 Å². The molecule has 0 aromatic heterocycles. The van der Waals surface area contributed by atoms with E-state index in [1.807, 2.05) is 0 Å². The van der Waals surface area contributed by atoms with E-state index in [1.54, 1.807) is 0 Å². The number of sulfone groups is 1. The number of aliphatic hydroxyl groups is 1. The maximum atomic E-state index is 12.1. The molecule has 4 aliphatic rings. The zero-order valence-corrected chi connectivity index (χ0v) is 10.2. The van der Waals surface area contributed by atoms with E-state index in [9.17, 15) is 18.3 Å². The van der Waals surface area contributed by atoms with Crippen molar-refractivity contribution in [3.63, 3.8) is 0 Å². The van der Waals surface area contributed by atoms with Gasteiger partial charge in [-0.2, -0.15) is 0 Å². The largest absolute Gasteiger partial charge is 0.456 e. The van der Waals surface area contributed by atoms with Crippen molar-refractivity contribution in [3.8, 4) is 0 Å². The van der Waals surface area contributed by atoms with Gasteiger partial charge >= 0.3 is 5.97 Å². The second-order valence-corrected chi connectivity index (χ2v) is 7.20. The van der Waals surface area contributed by atoms with Crippen molar-refractivity contribution in [2.24, 2.45) is 11.8 Å². The summed E-state index contributed by atoms with van der Waals surface area (Å²) < 4.78 is 29.4. The van der Waals surface area contributed by atoms with Crippen molar-refractivity contribution in [1.29, 1.82) is 0 Å². The minimum Gasteiger partial charge on any atom is -0.456 e. The zero-order chi connectivity index (χ0) is 12.4. The Hall–Kier alpha value is -0.880. The van der Waals surface area contributed by atoms with Crippen molar-refractivity contribution in [1.82, 2.24) is 0 Å². The Morgan fingerprint density at radius 2 is 2.12 bits per heavy atom. The highest BCUT2D eigenvalue weighted by Crippen LogP contribution is 2.50. The van der Waals surface area contributed by atoms with Gasteiger partial charge in [0.2, 0.25) is 0 Å². The summed E-state index contributed by atoms with van der Waals surface area (Å²) in [6.07, 6.45) is -0.237. The van der Waals surface area contributed by atoms with E-state index >= 15 is 0 Å². The SMILES string of the molecule is C/C1=C/S(=O)(=O)C2CC3CC2C(O)C3OC1=O. The Morgan fingerprint density at radius 1 is 1.41 bits per heavy atom. The molecule has 5 atom stereocenters. The minimum atomic E-state index is -3.46. The first-order valence-corrected chi connectivity index (χ1v) is 7.32. The van der Waals surface area contributed by atoms with Crippen LogP contribution in [-0.4, -0.2) is 37.0 Å². The number of hydrogen-bond donors (Lipinski definition) is 1. The third kappa shape index (κ3) is 1.47. The third-order valence-corrected chi connectivity index (χ3v) is 6.22. The molecule has 0 aromatic rings. The van der Waals surface area contributed by atoms with Crippen LogP contribution in [0.1, 0.15) is 19.8 Å². The Bertz CT molecular complexity index is 504. The van der Waals surface area contributed by atoms with Crippen molar-refractivity contribution in [2.75, 3.05) is 0 Å². The van der Waals surface area contributed by atoms with E-state index < -0.39 is 33.3 Å². The fourth-order valence-electron chi connectivity index (χ4n) is 3.36. The molecule has 5 nitrogen and oxygen atoms in total. The summed E-state index contributed by atoms with van der Waals surface area (Å²) in [6, 6.07) is 0. The monoisotopic (exact) mass is 258 g/mol. The summed E-state index contributed by atoms with van der Waals surface area (Å²) in [7, 11) is -3.46. The molecule has 0 radical (unpaired) electrons. The van der Waals surface area contributed by atoms with E-state index in [1.165, 1.54) is 6.92 Å². The van der Waals surface area contributed by atoms with E-state index in [0.29, 0.717) is 12.8 Å². The molecule has 0 spiro atoms. The predicted octanol–water partition coefficient (Wildman–Crippen LogP) is -0.000300. The van der Waals surface area contributed by atoms with Crippen molar-refractivity contribution in [2.45, 2.75) is 37.2 Å². The first kappa shape index (κ1) is 11.2. The summed E-state index contributed by atoms with van der Waals surface area (Å²) in [5, 5.41) is 10.5. The first-order valence-electron chi connectivity index (χ1n) is 5.71. The lowest BCUT2D eigenvalue weighted by molar-refractivity contribution is -0.153. The van der Waals surface area contributed by atoms with Crippen molar-refractivity contribution >= 4 is 15.8 Å². The summed E-state index contributed by atoms with van der Waals surface area (Å²) in [4.78, 5) is 11.6. The Kier molecular flexibility index (Phi) is 2.19. The van der Waals surface area contributed by atoms with Crippen LogP contribution in [0.15, 0.2) is 11.0 Å². The number of hydrogen-bond acceptors (Lipinski definition) is 5. The van der Waals surface area contributed by atoms with Crippen LogP contribution >= 0.6 is 0 Å². The molecule has 1 N–H and O–H groups in total. The van der Waals surface area contributed by atoms with Gasteiger partial charge in [-0.3, -0.25) is 0 Å². The first-order chi connectivity index (χ1) is 7.90. The number of carbonyl (C=O) groups excluding carboxylic acids is 1. The van der Waals surface area contributed by atoms with Crippen LogP contribution in [0.2, 0.25) is 0 Å². The molecule has 2 fully saturated rings. The molecule has 5 unspecified atom stereocenters. The maximum Gasteiger partial charge on any atom is 0.334 e. The highest BCUT2D eigenvalue weighted by molar-refractivity contribution is 7.95. The van der Waals surface area contributed by atoms with Gasteiger partial charge in [0.15, 0.2) is 9.84 Å². The molecule has 0 saturated heterocycles. The molecule has 4 bridgehead atoms. The lowest BCUT2D eigenvalue weighted by atomic mass is 9.94. The molecule has 2 heterocycles. The fraction of sp³-hybridized carbons (Fsp3) is 0.727. The Balaban J connectivity index is 2.13. The highest BCUT2D eigenvalue weighted by atomic mass is 32.2. The van der Waals surface area contributed by atoms with E-state index in [2.05, 4.69) is 0 Å². The minimum absolute atomic E-state index is 0.0157. The van der Waals surface area contributed by atoms with E-state index in [0.717, 1.165) is 5.41 Å². The van der Waals surface area contributed by atoms with Gasteiger partial charge in [0.1, 0.15) is 6.10 Å². The van der Waals surface area contributed by atoms with Gasteiger partial charge in [-0.15, -0.1) is 0 Å². The number of fused-ring (bicyclic) bond motifs is 3. The van der Waals surface area contributed by atoms with Crippen molar-refractivity contribution in [3.05, 3.63) is 11.0 Å². The van der Waals surface area contributed by atoms with Crippen molar-refractivity contribution < 1.29 is 23.1 Å². The lowest BCUT2D eigenvalue weighted by Crippen LogP contribution is -2.43. The standard InChI is InChI=1S/C11H14O5S/c1-5-4-17(14,15)8-3-6-2-7(8)9(12)10(6)16-11(5)13/h4,6-10,12H,2-3H2,1H3/b5-4-. The normalized spacial score (nSPS) is 50.1. The Labute approximate surface area is 99.4 Å². The summed E-state index contributed by atoms with van der Waals surface area (Å²) >= 11 is 0. The molecule has 6 heteroatoms. The van der Waals surface area contributed by atoms with Gasteiger partial charge < -0.3 is 9.84 Å². The molecule has 2 aliphatic heterocycles. The summed E-state index contributed by atoms with van der Waals surface area (Å²) in [5.41, 5.74) is 0.0930. The van der Waals surface area contributed by atoms with Crippen LogP contribution in [0.4, 0.5) is 0 Å². The van der Waals surface area contributed by atoms with Crippen LogP contribution in [0, 0.1) is 11.8 Å². The van der Waals surface area contributed by atoms with Gasteiger partial charge in [-0.25, -0.2) is 13.2 Å². The second kappa shape index (κ2) is 3.32. The molecule has 0 amide bonds. The average molecular weight is 258 g/mol. The molecular weight excluding hydrogens is 244 g/mol. The second-order valence-electron chi connectivity index (χ2n) is 5.18. The molecule has 17 heavy (non-hydrogen) atoms. The number of rotatable bonds is 0. The van der Waals surface area contributed by atoms with Crippen LogP contribution in [0.3, 0.4) is 0 Å². The van der Waals surface area contributed by atoms with Gasteiger partial charge in [0, 0.05) is 22.8 Å². The summed E-state index contributed by atoms with van der Waals surface area (Å²) in [6.45, 7) is 1.43. The Morgan fingerprint density at radius 3 is 2.76 bits per heavy atom. The number of aliphatic hydroxyl groups excluding tert-OH is 1. The summed E-state index contributed by atoms with van der Waals surface area (Å²) in [5.74, 6) is -0.936. The molecule has 94 valence electrons. The third-order valence-electron chi connectivity index (χ3n) is 4.16. The van der Waals surface area contributed by atoms with Gasteiger partial charge in [-0.05, 0) is 19.8 Å². The predicted molar refractivity (Wildman–Crippen MR) is 58.6 cm³/mol. The van der Waals surface area contributed by atoms with E-state index in [-0.39, 0.29) is 17.4 Å². The molecule has 4 rings (SSSR count). The number of carbonyl (C=O) groups is 1. The van der Waals surface area contributed by atoms with Crippen LogP contribution in [-0.2, 0) is 19.4 Å². The highest BCUT2D eigenvalue weighted by Gasteiger charge is 2.58. The maximum absolute atomic E-state index is 12.1. The van der Waals surface area contributed by atoms with Gasteiger partial charge in [0.05, 0.1) is 11.4 Å². The number of ether oxygens (including phenoxy) is 1. The van der Waals surface area contributed by atoms with E-state index in [4.69, 9.17) is 4.74 Å². The van der Waals surface area contributed by atoms with Crippen LogP contribution in [0.5, 0.6) is 0 Å². The lowest BCUT2D eigenvalue weighted by Gasteiger charge is -2.30. The average Bonchev–Trinajstić information content (AvgIpc) is 2.78. The smallest absolute Gasteiger partial charge is 0.334 e.